The summed E-state index contributed by atoms with van der Waals surface area (Å²) in [6.07, 6.45) is 0.229. The maximum atomic E-state index is 16.6. The quantitative estimate of drug-likeness (QED) is 0.0308. The summed E-state index contributed by atoms with van der Waals surface area (Å²) in [5, 5.41) is -2.39. The van der Waals surface area contributed by atoms with Crippen LogP contribution >= 0.6 is 22.6 Å². The van der Waals surface area contributed by atoms with Crippen LogP contribution in [-0.2, 0) is 70.0 Å². The van der Waals surface area contributed by atoms with Crippen molar-refractivity contribution in [1.82, 2.24) is 0 Å². The highest BCUT2D eigenvalue weighted by Gasteiger charge is 2.61. The maximum absolute atomic E-state index is 16.6. The first-order chi connectivity index (χ1) is 45.1. The summed E-state index contributed by atoms with van der Waals surface area (Å²) in [6, 6.07) is 6.84. The third kappa shape index (κ3) is 21.3. The van der Waals surface area contributed by atoms with Crippen LogP contribution in [0.4, 0.5) is 0 Å². The van der Waals surface area contributed by atoms with Crippen LogP contribution in [0.3, 0.4) is 0 Å². The first kappa shape index (κ1) is 87.0. The molecule has 0 N–H and O–H groups in total. The molecule has 0 bridgehead atoms. The van der Waals surface area contributed by atoms with Crippen molar-refractivity contribution in [1.29, 1.82) is 0 Å². The number of hydrogen-bond donors (Lipinski definition) is 0. The van der Waals surface area contributed by atoms with E-state index >= 15 is 13.2 Å². The molecule has 0 amide bonds. The number of hydrogen-bond acceptors (Lipinski definition) is 15. The summed E-state index contributed by atoms with van der Waals surface area (Å²) in [7, 11) is -15.5. The number of methoxy groups -OCH3 is 1. The third-order valence-corrected chi connectivity index (χ3v) is 50.0. The molecule has 0 spiro atoms. The van der Waals surface area contributed by atoms with E-state index in [9.17, 15) is 4.79 Å². The van der Waals surface area contributed by atoms with Gasteiger partial charge in [0.25, 0.3) is 0 Å². The molecule has 0 aliphatic carbocycles. The van der Waals surface area contributed by atoms with Crippen molar-refractivity contribution in [3.8, 4) is 0 Å². The monoisotopic (exact) mass is 1600 g/mol. The number of aryl methyl sites for hydroxylation is 1. The van der Waals surface area contributed by atoms with Gasteiger partial charge < -0.3 is 55.3 Å². The lowest BCUT2D eigenvalue weighted by Gasteiger charge is -2.56. The topological polar surface area (TPSA) is 170 Å². The number of ether oxygens (including phenoxy) is 6. The van der Waals surface area contributed by atoms with Crippen molar-refractivity contribution < 1.29 is 68.6 Å². The van der Waals surface area contributed by atoms with E-state index in [1.807, 2.05) is 11.0 Å². The van der Waals surface area contributed by atoms with E-state index in [2.05, 4.69) is 218 Å². The van der Waals surface area contributed by atoms with Gasteiger partial charge in [-0.3, -0.25) is 4.79 Å². The number of benzene rings is 1. The maximum Gasteiger partial charge on any atom is 0.193 e. The molecule has 22 heteroatoms. The number of halogens is 1. The number of ketones is 1. The Morgan fingerprint density at radius 2 is 1.20 bits per heavy atom. The summed E-state index contributed by atoms with van der Waals surface area (Å²) in [5.41, 5.74) is 2.81. The number of aldehydes is 1. The molecule has 5 aliphatic rings. The fraction of sp³-hybridized carbons (Fsp3) is 0.818. The van der Waals surface area contributed by atoms with Crippen molar-refractivity contribution in [3.63, 3.8) is 0 Å². The molecular formula is C77H137IO15SSi5. The van der Waals surface area contributed by atoms with E-state index in [0.29, 0.717) is 51.6 Å². The minimum atomic E-state index is -4.54. The van der Waals surface area contributed by atoms with E-state index in [1.165, 1.54) is 0 Å². The lowest BCUT2D eigenvalue weighted by molar-refractivity contribution is -0.266. The van der Waals surface area contributed by atoms with Crippen LogP contribution in [0.2, 0.25) is 90.7 Å². The number of fused-ring (bicyclic) bond motifs is 1. The molecular weight excluding hydrogens is 1460 g/mol. The Morgan fingerprint density at radius 1 is 0.657 bits per heavy atom. The van der Waals surface area contributed by atoms with Gasteiger partial charge in [0.1, 0.15) is 36.0 Å². The Kier molecular flexibility index (Phi) is 29.3. The van der Waals surface area contributed by atoms with Gasteiger partial charge in [-0.05, 0) is 182 Å². The Labute approximate surface area is 620 Å². The molecule has 6 unspecified atom stereocenters. The van der Waals surface area contributed by atoms with Crippen molar-refractivity contribution >= 4 is 86.1 Å². The molecule has 99 heavy (non-hydrogen) atoms. The van der Waals surface area contributed by atoms with Crippen molar-refractivity contribution in [2.45, 2.75) is 381 Å². The van der Waals surface area contributed by atoms with Crippen LogP contribution in [0.15, 0.2) is 63.6 Å². The Balaban J connectivity index is 1.50. The smallest absolute Gasteiger partial charge is 0.193 e. The second-order valence-corrected chi connectivity index (χ2v) is 64.3. The third-order valence-electron chi connectivity index (χ3n) is 25.0. The SMILES string of the molecule is C=C1C[C@H](CCC=O)O[C@H]1CC[C@H]1CC(C)C(=C)[C@@H](C[C@@H]2O[C@H](C[C@@H](CO[Si](C)(C)C(C)(C)C)O[Si](C)(C)C(C)(C)C)C(OC)[C@H]2C(C(=O)C[C@H]2CC[C@@H]3O[C@H]([C@H](/C=C/I)O[Si](C)(C)C(C)(C)C)C(O[Si](C)(C)C(C)(C)C)C(O[Si](C)(C)C(C)(C)C)C3O2)S(=O)(=O)c2ccc(C)cc2)O1. The molecule has 1 aromatic rings. The summed E-state index contributed by atoms with van der Waals surface area (Å²) >= 11 is 2.29. The highest BCUT2D eigenvalue weighted by Crippen LogP contribution is 2.51. The van der Waals surface area contributed by atoms with E-state index in [4.69, 9.17) is 50.6 Å². The zero-order valence-corrected chi connectivity index (χ0v) is 74.7. The molecule has 5 heterocycles. The van der Waals surface area contributed by atoms with Crippen molar-refractivity contribution in [2.75, 3.05) is 13.7 Å². The molecule has 568 valence electrons. The van der Waals surface area contributed by atoms with Crippen molar-refractivity contribution in [2.24, 2.45) is 11.8 Å². The van der Waals surface area contributed by atoms with Crippen LogP contribution in [0.25, 0.3) is 0 Å². The molecule has 0 radical (unpaired) electrons. The molecule has 5 saturated heterocycles. The average molecular weight is 1600 g/mol. The van der Waals surface area contributed by atoms with Crippen LogP contribution in [0, 0.1) is 18.8 Å². The highest BCUT2D eigenvalue weighted by molar-refractivity contribution is 14.1. The van der Waals surface area contributed by atoms with Crippen LogP contribution < -0.4 is 0 Å². The molecule has 5 aliphatic heterocycles. The average Bonchev–Trinajstić information content (AvgIpc) is 1.71. The second-order valence-electron chi connectivity index (χ2n) is 37.7. The summed E-state index contributed by atoms with van der Waals surface area (Å²) in [4.78, 5) is 28.0. The summed E-state index contributed by atoms with van der Waals surface area (Å²) in [6.45, 7) is 69.7. The molecule has 0 saturated carbocycles. The highest BCUT2D eigenvalue weighted by atomic mass is 127. The van der Waals surface area contributed by atoms with Crippen molar-refractivity contribution in [3.05, 3.63) is 64.3 Å². The lowest BCUT2D eigenvalue weighted by Crippen LogP contribution is -2.69. The number of Topliss-reactive ketones (excluding diaryl/α,β-unsaturated/α-hetero) is 1. The normalized spacial score (nSPS) is 30.2. The zero-order valence-electron chi connectivity index (χ0n) is 66.7. The second kappa shape index (κ2) is 33.3. The van der Waals surface area contributed by atoms with E-state index in [-0.39, 0.29) is 67.2 Å². The van der Waals surface area contributed by atoms with E-state index in [1.54, 1.807) is 31.4 Å². The predicted octanol–water partition coefficient (Wildman–Crippen LogP) is 18.9. The predicted molar refractivity (Wildman–Crippen MR) is 424 cm³/mol. The Bertz CT molecular complexity index is 3010. The number of carbonyl (C=O) groups excluding carboxylic acids is 2. The summed E-state index contributed by atoms with van der Waals surface area (Å²) < 4.78 is 115. The molecule has 18 atom stereocenters. The molecule has 1 aromatic carbocycles. The molecule has 15 nitrogen and oxygen atoms in total. The minimum Gasteiger partial charge on any atom is -0.414 e. The fourth-order valence-corrected chi connectivity index (χ4v) is 22.1. The van der Waals surface area contributed by atoms with Gasteiger partial charge in [-0.2, -0.15) is 0 Å². The van der Waals surface area contributed by atoms with Crippen LogP contribution in [-0.4, -0.2) is 173 Å². The van der Waals surface area contributed by atoms with Gasteiger partial charge in [0.2, 0.25) is 0 Å². The number of carbonyl (C=O) groups is 2. The standard InChI is InChI=1S/C77H137IO15SSi5/c1-50-33-37-58(38-34-50)94(81,82)72(59(80)46-56-36-40-61-68(87-56)70(92-98(27,28)76(14,15)16)71(93-99(29,30)77(17,18)19)69(89-61)62(41-42-78)91-97(25,26)75(11,12)13)66-64(48-63-53(4)51(2)44-55(86-63)35-39-60-52(3)45-54(85-60)32-31-43-79)88-65(67(66)83-20)47-57(90-96(23,24)74(8,9)10)49-84-95(21,22)73(5,6)7/h33-34,37-38,41-43,51,54-57,60-72H,3-4,31-32,35-36,39-40,44-49H2,1-2,5-30H3/b42-41+/t51?,54-,55-,56+,57-,60-,61-,62-,63+,64-,65+,66-,67?,68?,69+,70?,71?,72?/m0/s1. The fourth-order valence-electron chi connectivity index (χ4n) is 13.4. The largest absolute Gasteiger partial charge is 0.414 e. The first-order valence-corrected chi connectivity index (χ1v) is 54.5. The first-order valence-electron chi connectivity index (χ1n) is 37.2. The zero-order chi connectivity index (χ0) is 75.0. The van der Waals surface area contributed by atoms with Gasteiger partial charge in [0, 0.05) is 38.7 Å². The van der Waals surface area contributed by atoms with Gasteiger partial charge in [0.15, 0.2) is 57.2 Å². The molecule has 0 aromatic heterocycles. The minimum absolute atomic E-state index is 0.0378. The van der Waals surface area contributed by atoms with E-state index < -0.39 is 142 Å². The van der Waals surface area contributed by atoms with Crippen LogP contribution in [0.5, 0.6) is 0 Å². The van der Waals surface area contributed by atoms with Gasteiger partial charge in [-0.1, -0.05) is 164 Å². The van der Waals surface area contributed by atoms with Gasteiger partial charge in [-0.15, -0.1) is 0 Å². The summed E-state index contributed by atoms with van der Waals surface area (Å²) in [5.74, 6) is -1.45. The van der Waals surface area contributed by atoms with E-state index in [0.717, 1.165) is 35.8 Å². The van der Waals surface area contributed by atoms with Gasteiger partial charge >= 0.3 is 0 Å². The van der Waals surface area contributed by atoms with Gasteiger partial charge in [0.05, 0.1) is 78.6 Å². The Morgan fingerprint density at radius 3 is 1.74 bits per heavy atom. The van der Waals surface area contributed by atoms with Gasteiger partial charge in [-0.25, -0.2) is 8.42 Å². The molecule has 5 fully saturated rings. The molecule has 6 rings (SSSR count). The van der Waals surface area contributed by atoms with Crippen LogP contribution in [0.1, 0.15) is 187 Å². The number of sulfone groups is 1. The Hall–Kier alpha value is -0.896. The lowest BCUT2D eigenvalue weighted by atomic mass is 9.81. The number of rotatable bonds is 30.